The van der Waals surface area contributed by atoms with Crippen molar-refractivity contribution in [1.82, 2.24) is 0 Å². The summed E-state index contributed by atoms with van der Waals surface area (Å²) in [6.07, 6.45) is 0. The van der Waals surface area contributed by atoms with Crippen LogP contribution in [0.25, 0.3) is 0 Å². The normalized spacial score (nSPS) is 10.5. The molecular weight excluding hydrogens is 304 g/mol. The summed E-state index contributed by atoms with van der Waals surface area (Å²) in [6, 6.07) is 9.76. The zero-order chi connectivity index (χ0) is 17.0. The summed E-state index contributed by atoms with van der Waals surface area (Å²) in [5, 5.41) is 2.80. The molecule has 2 aromatic carbocycles. The average molecular weight is 321 g/mol. The van der Waals surface area contributed by atoms with Gasteiger partial charge < -0.3 is 14.8 Å². The number of aryl methyl sites for hydroxylation is 2. The molecule has 0 atom stereocenters. The van der Waals surface area contributed by atoms with Gasteiger partial charge in [0.25, 0.3) is 5.91 Å². The highest BCUT2D eigenvalue weighted by atomic mass is 19.3. The number of ether oxygens (including phenoxy) is 2. The lowest BCUT2D eigenvalue weighted by atomic mass is 10.1. The Morgan fingerprint density at radius 2 is 1.83 bits per heavy atom. The van der Waals surface area contributed by atoms with Gasteiger partial charge >= 0.3 is 6.61 Å². The topological polar surface area (TPSA) is 47.6 Å². The number of amides is 1. The Balaban J connectivity index is 2.24. The van der Waals surface area contributed by atoms with E-state index in [1.54, 1.807) is 0 Å². The fraction of sp³-hybridized carbons (Fsp3) is 0.235. The van der Waals surface area contributed by atoms with Gasteiger partial charge in [0.1, 0.15) is 0 Å². The van der Waals surface area contributed by atoms with E-state index >= 15 is 0 Å². The molecule has 0 fully saturated rings. The highest BCUT2D eigenvalue weighted by Gasteiger charge is 2.14. The molecule has 0 bridgehead atoms. The molecule has 0 aliphatic carbocycles. The largest absolute Gasteiger partial charge is 0.493 e. The monoisotopic (exact) mass is 321 g/mol. The number of hydrogen-bond acceptors (Lipinski definition) is 3. The molecule has 0 saturated heterocycles. The van der Waals surface area contributed by atoms with E-state index in [0.717, 1.165) is 11.1 Å². The summed E-state index contributed by atoms with van der Waals surface area (Å²) >= 11 is 0. The number of methoxy groups -OCH3 is 1. The third-order valence-corrected chi connectivity index (χ3v) is 3.28. The number of carbonyl (C=O) groups excluding carboxylic acids is 1. The smallest absolute Gasteiger partial charge is 0.387 e. The summed E-state index contributed by atoms with van der Waals surface area (Å²) in [5.74, 6) is -0.412. The number of alkyl halides is 2. The molecule has 6 heteroatoms. The maximum absolute atomic E-state index is 12.3. The van der Waals surface area contributed by atoms with E-state index < -0.39 is 6.61 Å². The fourth-order valence-corrected chi connectivity index (χ4v) is 2.07. The Bertz CT molecular complexity index is 717. The van der Waals surface area contributed by atoms with E-state index in [1.807, 2.05) is 32.0 Å². The van der Waals surface area contributed by atoms with Crippen LogP contribution in [0.3, 0.4) is 0 Å². The second kappa shape index (κ2) is 7.09. The Morgan fingerprint density at radius 3 is 2.48 bits per heavy atom. The third-order valence-electron chi connectivity index (χ3n) is 3.28. The maximum atomic E-state index is 12.3. The Hall–Kier alpha value is -2.63. The molecule has 1 N–H and O–H groups in total. The molecule has 4 nitrogen and oxygen atoms in total. The SMILES string of the molecule is COc1cc(C(=O)Nc2cc(C)ccc2C)ccc1OC(F)F. The third kappa shape index (κ3) is 4.18. The van der Waals surface area contributed by atoms with Crippen LogP contribution in [0.4, 0.5) is 14.5 Å². The molecule has 122 valence electrons. The minimum Gasteiger partial charge on any atom is -0.493 e. The number of rotatable bonds is 5. The molecule has 0 aliphatic rings. The van der Waals surface area contributed by atoms with Crippen molar-refractivity contribution in [3.8, 4) is 11.5 Å². The molecule has 0 heterocycles. The zero-order valence-electron chi connectivity index (χ0n) is 13.0. The van der Waals surface area contributed by atoms with Gasteiger partial charge in [0, 0.05) is 11.3 Å². The first-order chi connectivity index (χ1) is 10.9. The summed E-state index contributed by atoms with van der Waals surface area (Å²) in [5.41, 5.74) is 2.92. The first-order valence-corrected chi connectivity index (χ1v) is 6.92. The summed E-state index contributed by atoms with van der Waals surface area (Å²) in [6.45, 7) is 0.850. The van der Waals surface area contributed by atoms with Gasteiger partial charge in [-0.25, -0.2) is 0 Å². The van der Waals surface area contributed by atoms with Gasteiger partial charge in [-0.2, -0.15) is 8.78 Å². The van der Waals surface area contributed by atoms with Crippen LogP contribution in [0.2, 0.25) is 0 Å². The number of nitrogens with one attached hydrogen (secondary N) is 1. The number of hydrogen-bond donors (Lipinski definition) is 1. The van der Waals surface area contributed by atoms with Gasteiger partial charge in [-0.1, -0.05) is 12.1 Å². The van der Waals surface area contributed by atoms with Gasteiger partial charge in [-0.05, 0) is 49.2 Å². The van der Waals surface area contributed by atoms with Crippen LogP contribution in [0.5, 0.6) is 11.5 Å². The number of anilines is 1. The predicted molar refractivity (Wildman–Crippen MR) is 83.5 cm³/mol. The lowest BCUT2D eigenvalue weighted by Crippen LogP contribution is -2.13. The minimum absolute atomic E-state index is 0.0684. The van der Waals surface area contributed by atoms with Crippen molar-refractivity contribution in [3.05, 3.63) is 53.1 Å². The van der Waals surface area contributed by atoms with E-state index in [0.29, 0.717) is 5.69 Å². The van der Waals surface area contributed by atoms with Crippen molar-refractivity contribution in [2.45, 2.75) is 20.5 Å². The van der Waals surface area contributed by atoms with E-state index in [-0.39, 0.29) is 23.0 Å². The Labute approximate surface area is 133 Å². The molecule has 0 saturated carbocycles. The minimum atomic E-state index is -2.96. The molecule has 2 rings (SSSR count). The molecule has 0 spiro atoms. The fourth-order valence-electron chi connectivity index (χ4n) is 2.07. The molecule has 2 aromatic rings. The molecule has 23 heavy (non-hydrogen) atoms. The maximum Gasteiger partial charge on any atom is 0.387 e. The molecule has 1 amide bonds. The molecule has 0 unspecified atom stereocenters. The zero-order valence-corrected chi connectivity index (χ0v) is 13.0. The van der Waals surface area contributed by atoms with Crippen LogP contribution in [-0.2, 0) is 0 Å². The first-order valence-electron chi connectivity index (χ1n) is 6.92. The van der Waals surface area contributed by atoms with E-state index in [1.165, 1.54) is 25.3 Å². The van der Waals surface area contributed by atoms with Gasteiger partial charge in [-0.3, -0.25) is 4.79 Å². The van der Waals surface area contributed by atoms with Gasteiger partial charge in [0.15, 0.2) is 11.5 Å². The van der Waals surface area contributed by atoms with E-state index in [4.69, 9.17) is 4.74 Å². The van der Waals surface area contributed by atoms with Crippen molar-refractivity contribution in [3.63, 3.8) is 0 Å². The Morgan fingerprint density at radius 1 is 1.09 bits per heavy atom. The molecule has 0 radical (unpaired) electrons. The second-order valence-electron chi connectivity index (χ2n) is 5.02. The average Bonchev–Trinajstić information content (AvgIpc) is 2.50. The van der Waals surface area contributed by atoms with Crippen LogP contribution in [-0.4, -0.2) is 19.6 Å². The lowest BCUT2D eigenvalue weighted by Gasteiger charge is -2.12. The standard InChI is InChI=1S/C17H17F2NO3/c1-10-4-5-11(2)13(8-10)20-16(21)12-6-7-14(23-17(18)19)15(9-12)22-3/h4-9,17H,1-3H3,(H,20,21). The van der Waals surface area contributed by atoms with Crippen LogP contribution in [0.1, 0.15) is 21.5 Å². The molecular formula is C17H17F2NO3. The summed E-state index contributed by atoms with van der Waals surface area (Å²) in [4.78, 5) is 12.3. The van der Waals surface area contributed by atoms with Crippen LogP contribution in [0.15, 0.2) is 36.4 Å². The van der Waals surface area contributed by atoms with Crippen molar-refractivity contribution in [1.29, 1.82) is 0 Å². The van der Waals surface area contributed by atoms with Crippen LogP contribution in [0, 0.1) is 13.8 Å². The van der Waals surface area contributed by atoms with Crippen molar-refractivity contribution in [2.75, 3.05) is 12.4 Å². The number of carbonyl (C=O) groups is 1. The van der Waals surface area contributed by atoms with E-state index in [9.17, 15) is 13.6 Å². The molecule has 0 aromatic heterocycles. The summed E-state index contributed by atoms with van der Waals surface area (Å²) in [7, 11) is 1.32. The van der Waals surface area contributed by atoms with E-state index in [2.05, 4.69) is 10.1 Å². The highest BCUT2D eigenvalue weighted by molar-refractivity contribution is 6.05. The van der Waals surface area contributed by atoms with Crippen LogP contribution < -0.4 is 14.8 Å². The number of benzene rings is 2. The Kier molecular flexibility index (Phi) is 5.16. The predicted octanol–water partition coefficient (Wildman–Crippen LogP) is 4.17. The van der Waals surface area contributed by atoms with Crippen molar-refractivity contribution < 1.29 is 23.0 Å². The van der Waals surface area contributed by atoms with Crippen molar-refractivity contribution >= 4 is 11.6 Å². The van der Waals surface area contributed by atoms with Gasteiger partial charge in [0.2, 0.25) is 0 Å². The lowest BCUT2D eigenvalue weighted by molar-refractivity contribution is -0.0512. The quantitative estimate of drug-likeness (QED) is 0.899. The number of halogens is 2. The van der Waals surface area contributed by atoms with Gasteiger partial charge in [-0.15, -0.1) is 0 Å². The highest BCUT2D eigenvalue weighted by Crippen LogP contribution is 2.30. The molecule has 0 aliphatic heterocycles. The summed E-state index contributed by atoms with van der Waals surface area (Å²) < 4.78 is 33.9. The second-order valence-corrected chi connectivity index (χ2v) is 5.02. The van der Waals surface area contributed by atoms with Crippen molar-refractivity contribution in [2.24, 2.45) is 0 Å². The van der Waals surface area contributed by atoms with Gasteiger partial charge in [0.05, 0.1) is 7.11 Å². The van der Waals surface area contributed by atoms with Crippen LogP contribution >= 0.6 is 0 Å². The first kappa shape index (κ1) is 16.7.